The summed E-state index contributed by atoms with van der Waals surface area (Å²) < 4.78 is 0. The zero-order chi connectivity index (χ0) is 27.1. The lowest BCUT2D eigenvalue weighted by atomic mass is 10.0. The van der Waals surface area contributed by atoms with E-state index >= 15 is 0 Å². The Morgan fingerprint density at radius 3 is 2.00 bits per heavy atom. The summed E-state index contributed by atoms with van der Waals surface area (Å²) in [4.78, 5) is 54.7. The summed E-state index contributed by atoms with van der Waals surface area (Å²) in [6.07, 6.45) is 2.94. The highest BCUT2D eigenvalue weighted by molar-refractivity contribution is 5.94. The van der Waals surface area contributed by atoms with E-state index in [9.17, 15) is 24.3 Å². The minimum atomic E-state index is -1.00. The Hall–Kier alpha value is -3.72. The Balaban J connectivity index is 1.41. The van der Waals surface area contributed by atoms with E-state index in [0.717, 1.165) is 11.1 Å². The van der Waals surface area contributed by atoms with Crippen LogP contribution in [0, 0.1) is 0 Å². The van der Waals surface area contributed by atoms with Gasteiger partial charge in [-0.2, -0.15) is 0 Å². The third-order valence-corrected chi connectivity index (χ3v) is 7.37. The third kappa shape index (κ3) is 6.77. The summed E-state index contributed by atoms with van der Waals surface area (Å²) in [6, 6.07) is 16.2. The molecule has 2 saturated heterocycles. The number of carbonyl (C=O) groups is 4. The molecule has 0 unspecified atom stereocenters. The molecule has 0 radical (unpaired) electrons. The molecule has 0 saturated carbocycles. The second-order valence-electron chi connectivity index (χ2n) is 10.2. The molecule has 4 atom stereocenters. The number of benzene rings is 2. The number of amides is 3. The molecule has 38 heavy (non-hydrogen) atoms. The van der Waals surface area contributed by atoms with Crippen molar-refractivity contribution >= 4 is 23.7 Å². The van der Waals surface area contributed by atoms with Gasteiger partial charge in [0, 0.05) is 19.1 Å². The quantitative estimate of drug-likeness (QED) is 0.437. The molecular weight excluding hydrogens is 484 g/mol. The first-order chi connectivity index (χ1) is 18.3. The first kappa shape index (κ1) is 27.3. The average Bonchev–Trinajstić information content (AvgIpc) is 3.59. The monoisotopic (exact) mass is 520 g/mol. The fraction of sp³-hybridized carbons (Fsp3) is 0.448. The van der Waals surface area contributed by atoms with E-state index < -0.39 is 30.1 Å². The lowest BCUT2D eigenvalue weighted by molar-refractivity contribution is -0.147. The van der Waals surface area contributed by atoms with Gasteiger partial charge in [0.2, 0.25) is 17.7 Å². The Morgan fingerprint density at radius 1 is 0.842 bits per heavy atom. The van der Waals surface area contributed by atoms with Gasteiger partial charge in [-0.1, -0.05) is 60.7 Å². The second kappa shape index (κ2) is 12.7. The SMILES string of the molecule is N[C@@H](Cc1ccccc1)C(=O)N1CCC[C@H]1C(=O)N1CCC[C@@H]1C(=O)N[C@H](CC(=O)O)Cc1ccccc1. The zero-order valence-electron chi connectivity index (χ0n) is 21.5. The van der Waals surface area contributed by atoms with Gasteiger partial charge in [-0.05, 0) is 49.7 Å². The number of aliphatic carboxylic acids is 1. The number of hydrogen-bond acceptors (Lipinski definition) is 5. The number of nitrogens with zero attached hydrogens (tertiary/aromatic N) is 2. The molecule has 0 aliphatic carbocycles. The highest BCUT2D eigenvalue weighted by atomic mass is 16.4. The Kier molecular flexibility index (Phi) is 9.12. The number of likely N-dealkylation sites (tertiary alicyclic amines) is 2. The number of carbonyl (C=O) groups excluding carboxylic acids is 3. The maximum atomic E-state index is 13.6. The highest BCUT2D eigenvalue weighted by Gasteiger charge is 2.43. The Morgan fingerprint density at radius 2 is 1.39 bits per heavy atom. The summed E-state index contributed by atoms with van der Waals surface area (Å²) in [5, 5.41) is 12.3. The van der Waals surface area contributed by atoms with Gasteiger partial charge < -0.3 is 26.0 Å². The summed E-state index contributed by atoms with van der Waals surface area (Å²) in [5.74, 6) is -1.85. The van der Waals surface area contributed by atoms with Crippen LogP contribution in [0.15, 0.2) is 60.7 Å². The molecule has 2 aromatic rings. The van der Waals surface area contributed by atoms with Crippen LogP contribution in [0.5, 0.6) is 0 Å². The van der Waals surface area contributed by atoms with Crippen molar-refractivity contribution in [2.45, 2.75) is 69.1 Å². The van der Waals surface area contributed by atoms with Gasteiger partial charge in [0.05, 0.1) is 12.5 Å². The number of nitrogens with two attached hydrogens (primary N) is 1. The van der Waals surface area contributed by atoms with Gasteiger partial charge in [-0.15, -0.1) is 0 Å². The minimum Gasteiger partial charge on any atom is -0.481 e. The van der Waals surface area contributed by atoms with Crippen LogP contribution in [0.3, 0.4) is 0 Å². The average molecular weight is 521 g/mol. The highest BCUT2D eigenvalue weighted by Crippen LogP contribution is 2.26. The van der Waals surface area contributed by atoms with Crippen LogP contribution in [0.1, 0.15) is 43.2 Å². The topological polar surface area (TPSA) is 133 Å². The molecule has 2 fully saturated rings. The maximum absolute atomic E-state index is 13.6. The van der Waals surface area contributed by atoms with Crippen LogP contribution in [-0.4, -0.2) is 75.9 Å². The molecule has 2 heterocycles. The van der Waals surface area contributed by atoms with Crippen molar-refractivity contribution in [3.63, 3.8) is 0 Å². The summed E-state index contributed by atoms with van der Waals surface area (Å²) in [5.41, 5.74) is 8.13. The Labute approximate surface area is 223 Å². The first-order valence-corrected chi connectivity index (χ1v) is 13.3. The largest absolute Gasteiger partial charge is 0.481 e. The normalized spacial score (nSPS) is 20.7. The molecular formula is C29H36N4O5. The summed E-state index contributed by atoms with van der Waals surface area (Å²) in [7, 11) is 0. The van der Waals surface area contributed by atoms with E-state index in [2.05, 4.69) is 5.32 Å². The molecule has 0 aromatic heterocycles. The zero-order valence-corrected chi connectivity index (χ0v) is 21.5. The fourth-order valence-electron chi connectivity index (χ4n) is 5.53. The van der Waals surface area contributed by atoms with Crippen molar-refractivity contribution in [1.29, 1.82) is 0 Å². The van der Waals surface area contributed by atoms with Gasteiger partial charge in [0.1, 0.15) is 12.1 Å². The number of carboxylic acids is 1. The van der Waals surface area contributed by atoms with Gasteiger partial charge in [-0.25, -0.2) is 0 Å². The van der Waals surface area contributed by atoms with Crippen LogP contribution in [0.25, 0.3) is 0 Å². The van der Waals surface area contributed by atoms with E-state index in [0.29, 0.717) is 51.6 Å². The van der Waals surface area contributed by atoms with E-state index in [-0.39, 0.29) is 24.1 Å². The number of hydrogen-bond donors (Lipinski definition) is 3. The molecule has 4 N–H and O–H groups in total. The minimum absolute atomic E-state index is 0.217. The van der Waals surface area contributed by atoms with Crippen LogP contribution in [0.4, 0.5) is 0 Å². The van der Waals surface area contributed by atoms with E-state index in [1.165, 1.54) is 0 Å². The van der Waals surface area contributed by atoms with Crippen LogP contribution in [-0.2, 0) is 32.0 Å². The van der Waals surface area contributed by atoms with Gasteiger partial charge in [0.15, 0.2) is 0 Å². The first-order valence-electron chi connectivity index (χ1n) is 13.3. The van der Waals surface area contributed by atoms with Crippen LogP contribution >= 0.6 is 0 Å². The molecule has 0 bridgehead atoms. The van der Waals surface area contributed by atoms with Crippen molar-refractivity contribution in [1.82, 2.24) is 15.1 Å². The molecule has 0 spiro atoms. The number of rotatable bonds is 10. The smallest absolute Gasteiger partial charge is 0.305 e. The summed E-state index contributed by atoms with van der Waals surface area (Å²) in [6.45, 7) is 0.883. The van der Waals surface area contributed by atoms with Crippen molar-refractivity contribution in [3.8, 4) is 0 Å². The molecule has 2 aromatic carbocycles. The molecule has 2 aliphatic heterocycles. The molecule has 9 heteroatoms. The second-order valence-corrected chi connectivity index (χ2v) is 10.2. The van der Waals surface area contributed by atoms with Crippen LogP contribution in [0.2, 0.25) is 0 Å². The third-order valence-electron chi connectivity index (χ3n) is 7.37. The van der Waals surface area contributed by atoms with Gasteiger partial charge in [0.25, 0.3) is 0 Å². The fourth-order valence-corrected chi connectivity index (χ4v) is 5.53. The predicted octanol–water partition coefficient (Wildman–Crippen LogP) is 1.74. The van der Waals surface area contributed by atoms with E-state index in [1.807, 2.05) is 60.7 Å². The maximum Gasteiger partial charge on any atom is 0.305 e. The van der Waals surface area contributed by atoms with Crippen molar-refractivity contribution in [2.75, 3.05) is 13.1 Å². The molecule has 4 rings (SSSR count). The lowest BCUT2D eigenvalue weighted by Crippen LogP contribution is -2.56. The molecule has 3 amide bonds. The number of carboxylic acid groups (broad SMARTS) is 1. The van der Waals surface area contributed by atoms with Crippen molar-refractivity contribution in [3.05, 3.63) is 71.8 Å². The van der Waals surface area contributed by atoms with E-state index in [1.54, 1.807) is 9.80 Å². The molecule has 202 valence electrons. The Bertz CT molecular complexity index is 1130. The van der Waals surface area contributed by atoms with Crippen molar-refractivity contribution in [2.24, 2.45) is 5.73 Å². The number of nitrogens with one attached hydrogen (secondary N) is 1. The lowest BCUT2D eigenvalue weighted by Gasteiger charge is -2.32. The predicted molar refractivity (Wildman–Crippen MR) is 142 cm³/mol. The summed E-state index contributed by atoms with van der Waals surface area (Å²) >= 11 is 0. The standard InChI is InChI=1S/C29H36N4O5/c30-23(18-21-11-5-2-6-12-21)28(37)33-16-8-14-25(33)29(38)32-15-7-13-24(32)27(36)31-22(19-26(34)35)17-20-9-3-1-4-10-20/h1-6,9-12,22-25H,7-8,13-19,30H2,(H,31,36)(H,34,35)/t22-,23-,24+,25-/m0/s1. The van der Waals surface area contributed by atoms with Gasteiger partial charge >= 0.3 is 5.97 Å². The van der Waals surface area contributed by atoms with Crippen LogP contribution < -0.4 is 11.1 Å². The molecule has 2 aliphatic rings. The molecule has 9 nitrogen and oxygen atoms in total. The van der Waals surface area contributed by atoms with Gasteiger partial charge in [-0.3, -0.25) is 19.2 Å². The van der Waals surface area contributed by atoms with Crippen molar-refractivity contribution < 1.29 is 24.3 Å². The van der Waals surface area contributed by atoms with E-state index in [4.69, 9.17) is 5.73 Å².